The number of rotatable bonds is 16. The minimum atomic E-state index is -1.33. The van der Waals surface area contributed by atoms with Crippen molar-refractivity contribution in [2.24, 2.45) is 0 Å². The summed E-state index contributed by atoms with van der Waals surface area (Å²) in [6.45, 7) is 14.9. The Bertz CT molecular complexity index is 1620. The van der Waals surface area contributed by atoms with Gasteiger partial charge in [-0.05, 0) is 90.3 Å². The number of amides is 5. The van der Waals surface area contributed by atoms with Crippen LogP contribution in [0.2, 0.25) is 0 Å². The molecular formula is C40H55N5O9. The summed E-state index contributed by atoms with van der Waals surface area (Å²) in [5.41, 5.74) is 0.106. The molecule has 294 valence electrons. The lowest BCUT2D eigenvalue weighted by Gasteiger charge is -2.31. The smallest absolute Gasteiger partial charge is 0.408 e. The largest absolute Gasteiger partial charge is 0.480 e. The highest BCUT2D eigenvalue weighted by atomic mass is 16.6. The lowest BCUT2D eigenvalue weighted by Crippen LogP contribution is -2.58. The van der Waals surface area contributed by atoms with Crippen LogP contribution in [0.5, 0.6) is 0 Å². The van der Waals surface area contributed by atoms with E-state index in [1.807, 2.05) is 6.07 Å². The second-order valence-electron chi connectivity index (χ2n) is 15.2. The van der Waals surface area contributed by atoms with Gasteiger partial charge >= 0.3 is 18.2 Å². The van der Waals surface area contributed by atoms with Crippen molar-refractivity contribution in [1.82, 2.24) is 26.2 Å². The predicted molar refractivity (Wildman–Crippen MR) is 203 cm³/mol. The lowest BCUT2D eigenvalue weighted by molar-refractivity contribution is -0.144. The lowest BCUT2D eigenvalue weighted by atomic mass is 9.97. The van der Waals surface area contributed by atoms with E-state index in [1.165, 1.54) is 4.90 Å². The number of unbranched alkanes of at least 4 members (excludes halogenated alkanes) is 1. The molecule has 2 aromatic carbocycles. The molecule has 1 aliphatic rings. The Balaban J connectivity index is 1.78. The van der Waals surface area contributed by atoms with Crippen LogP contribution in [0.15, 0.2) is 67.2 Å². The predicted octanol–water partition coefficient (Wildman–Crippen LogP) is 4.58. The minimum absolute atomic E-state index is 0.0903. The average Bonchev–Trinajstić information content (AvgIpc) is 3.58. The van der Waals surface area contributed by atoms with Crippen molar-refractivity contribution in [3.05, 3.63) is 78.4 Å². The minimum Gasteiger partial charge on any atom is -0.480 e. The summed E-state index contributed by atoms with van der Waals surface area (Å²) < 4.78 is 10.6. The number of nitrogens with zero attached hydrogens (tertiary/aromatic N) is 1. The maximum Gasteiger partial charge on any atom is 0.408 e. The molecule has 0 saturated carbocycles. The molecule has 1 heterocycles. The van der Waals surface area contributed by atoms with Crippen molar-refractivity contribution in [3.63, 3.8) is 0 Å². The van der Waals surface area contributed by atoms with Gasteiger partial charge in [-0.25, -0.2) is 14.4 Å². The number of carbonyl (C=O) groups excluding carboxylic acids is 5. The van der Waals surface area contributed by atoms with E-state index >= 15 is 0 Å². The first-order valence-corrected chi connectivity index (χ1v) is 18.2. The molecule has 0 unspecified atom stereocenters. The third-order valence-electron chi connectivity index (χ3n) is 8.36. The number of carboxylic acids is 1. The van der Waals surface area contributed by atoms with E-state index in [2.05, 4.69) is 27.8 Å². The SMILES string of the molecule is C=C(c1ccccc1)[C@@H](NC(=O)[C@@H](Cc1ccccc1)NC(=O)OC(C)(C)C)C(=O)N1CCC[C@@H]1C(=O)N[C@H](CCCCNC(=O)OC(C)(C)C)C(=O)O. The zero-order valence-electron chi connectivity index (χ0n) is 32.1. The maximum atomic E-state index is 14.4. The molecule has 0 radical (unpaired) electrons. The highest BCUT2D eigenvalue weighted by molar-refractivity contribution is 6.02. The third kappa shape index (κ3) is 14.2. The number of likely N-dealkylation sites (tertiary alicyclic amines) is 1. The molecule has 14 heteroatoms. The molecule has 0 aromatic heterocycles. The van der Waals surface area contributed by atoms with Gasteiger partial charge in [-0.2, -0.15) is 0 Å². The van der Waals surface area contributed by atoms with Gasteiger partial charge < -0.3 is 40.7 Å². The van der Waals surface area contributed by atoms with E-state index in [9.17, 15) is 33.9 Å². The van der Waals surface area contributed by atoms with E-state index in [0.717, 1.165) is 5.56 Å². The van der Waals surface area contributed by atoms with Gasteiger partial charge in [-0.3, -0.25) is 14.4 Å². The van der Waals surface area contributed by atoms with Crippen LogP contribution in [0, 0.1) is 0 Å². The molecule has 4 atom stereocenters. The first-order valence-electron chi connectivity index (χ1n) is 18.2. The second-order valence-corrected chi connectivity index (χ2v) is 15.2. The Morgan fingerprint density at radius 2 is 1.41 bits per heavy atom. The van der Waals surface area contributed by atoms with E-state index in [4.69, 9.17) is 9.47 Å². The molecule has 1 fully saturated rings. The van der Waals surface area contributed by atoms with Crippen LogP contribution in [-0.2, 0) is 35.1 Å². The Morgan fingerprint density at radius 1 is 0.815 bits per heavy atom. The maximum absolute atomic E-state index is 14.4. The Morgan fingerprint density at radius 3 is 2.00 bits per heavy atom. The number of benzene rings is 2. The van der Waals surface area contributed by atoms with E-state index in [-0.39, 0.29) is 37.9 Å². The van der Waals surface area contributed by atoms with Crippen molar-refractivity contribution in [1.29, 1.82) is 0 Å². The van der Waals surface area contributed by atoms with Gasteiger partial charge in [0, 0.05) is 19.5 Å². The molecule has 54 heavy (non-hydrogen) atoms. The molecule has 5 amide bonds. The average molecular weight is 750 g/mol. The zero-order valence-corrected chi connectivity index (χ0v) is 32.1. The van der Waals surface area contributed by atoms with E-state index in [0.29, 0.717) is 24.8 Å². The van der Waals surface area contributed by atoms with Crippen molar-refractivity contribution in [2.75, 3.05) is 13.1 Å². The van der Waals surface area contributed by atoms with Crippen molar-refractivity contribution in [3.8, 4) is 0 Å². The van der Waals surface area contributed by atoms with Gasteiger partial charge in [-0.1, -0.05) is 67.2 Å². The van der Waals surface area contributed by atoms with Crippen molar-refractivity contribution in [2.45, 2.75) is 115 Å². The molecule has 0 aliphatic carbocycles. The van der Waals surface area contributed by atoms with Gasteiger partial charge in [0.25, 0.3) is 0 Å². The Hall–Kier alpha value is -5.40. The monoisotopic (exact) mass is 749 g/mol. The normalized spacial score (nSPS) is 15.9. The second kappa shape index (κ2) is 19.6. The number of ether oxygens (including phenoxy) is 2. The quantitative estimate of drug-likeness (QED) is 0.153. The van der Waals surface area contributed by atoms with E-state index < -0.39 is 71.2 Å². The van der Waals surface area contributed by atoms with Crippen LogP contribution >= 0.6 is 0 Å². The number of carboxylic acid groups (broad SMARTS) is 1. The van der Waals surface area contributed by atoms with Crippen LogP contribution in [0.25, 0.3) is 5.57 Å². The Kier molecular flexibility index (Phi) is 15.6. The van der Waals surface area contributed by atoms with Gasteiger partial charge in [0.05, 0.1) is 0 Å². The zero-order chi connectivity index (χ0) is 40.1. The highest BCUT2D eigenvalue weighted by Gasteiger charge is 2.40. The number of hydrogen-bond donors (Lipinski definition) is 5. The summed E-state index contributed by atoms with van der Waals surface area (Å²) in [5.74, 6) is -3.15. The summed E-state index contributed by atoms with van der Waals surface area (Å²) in [7, 11) is 0. The first-order chi connectivity index (χ1) is 25.3. The van der Waals surface area contributed by atoms with Crippen LogP contribution < -0.4 is 21.3 Å². The molecule has 1 aliphatic heterocycles. The standard InChI is InChI=1S/C40H55N5O9/c1-26(28-19-12-9-13-20-28)32(44-33(46)30(25-27-17-10-8-11-18-27)43-38(52)54-40(5,6)7)35(48)45-24-16-22-31(45)34(47)42-29(36(49)50)21-14-15-23-41-37(51)53-39(2,3)4/h8-13,17-20,29-32H,1,14-16,21-25H2,2-7H3,(H,41,51)(H,42,47)(H,43,52)(H,44,46)(H,49,50)/t29-,30-,31-,32-/m1/s1. The van der Waals surface area contributed by atoms with Gasteiger partial charge in [0.1, 0.15) is 35.4 Å². The van der Waals surface area contributed by atoms with Crippen LogP contribution in [0.4, 0.5) is 9.59 Å². The molecule has 2 aromatic rings. The van der Waals surface area contributed by atoms with Gasteiger partial charge in [-0.15, -0.1) is 0 Å². The van der Waals surface area contributed by atoms with Gasteiger partial charge in [0.2, 0.25) is 17.7 Å². The molecule has 5 N–H and O–H groups in total. The first kappa shape index (κ1) is 43.0. The highest BCUT2D eigenvalue weighted by Crippen LogP contribution is 2.24. The topological polar surface area (TPSA) is 192 Å². The number of carbonyl (C=O) groups is 6. The van der Waals surface area contributed by atoms with Crippen molar-refractivity contribution >= 4 is 41.5 Å². The summed E-state index contributed by atoms with van der Waals surface area (Å²) in [4.78, 5) is 80.3. The fourth-order valence-electron chi connectivity index (χ4n) is 5.84. The molecular weight excluding hydrogens is 694 g/mol. The van der Waals surface area contributed by atoms with Crippen LogP contribution in [0.3, 0.4) is 0 Å². The van der Waals surface area contributed by atoms with E-state index in [1.54, 1.807) is 96.1 Å². The fraction of sp³-hybridized carbons (Fsp3) is 0.500. The van der Waals surface area contributed by atoms with Gasteiger partial charge in [0.15, 0.2) is 0 Å². The molecule has 3 rings (SSSR count). The number of alkyl carbamates (subject to hydrolysis) is 2. The molecule has 0 spiro atoms. The third-order valence-corrected chi connectivity index (χ3v) is 8.36. The summed E-state index contributed by atoms with van der Waals surface area (Å²) in [6, 6.07) is 13.1. The van der Waals surface area contributed by atoms with Crippen molar-refractivity contribution < 1.29 is 43.3 Å². The summed E-state index contributed by atoms with van der Waals surface area (Å²) in [6.07, 6.45) is 0.365. The molecule has 14 nitrogen and oxygen atoms in total. The molecule has 0 bridgehead atoms. The van der Waals surface area contributed by atoms with Crippen LogP contribution in [-0.4, -0.2) is 94.3 Å². The van der Waals surface area contributed by atoms with Crippen LogP contribution in [0.1, 0.15) is 84.8 Å². The number of nitrogens with one attached hydrogen (secondary N) is 4. The fourth-order valence-corrected chi connectivity index (χ4v) is 5.84. The Labute approximate surface area is 317 Å². The summed E-state index contributed by atoms with van der Waals surface area (Å²) >= 11 is 0. The number of hydrogen-bond acceptors (Lipinski definition) is 8. The molecule has 1 saturated heterocycles. The summed E-state index contributed by atoms with van der Waals surface area (Å²) in [5, 5.41) is 20.5. The number of aliphatic carboxylic acids is 1.